The second kappa shape index (κ2) is 10.7. The normalized spacial score (nSPS) is 26.6. The van der Waals surface area contributed by atoms with Crippen molar-refractivity contribution >= 4 is 21.8 Å². The number of halogens is 4. The Balaban J connectivity index is 1.33. The number of carbonyl (C=O) groups is 1. The van der Waals surface area contributed by atoms with Crippen molar-refractivity contribution in [2.45, 2.75) is 90.0 Å². The SMILES string of the molecule is CCC1CC(N[C@@H]2CC[C@@](C(=O)N3CCc4ccc(C(F)(F)F)cc4C3)(C(C)C)C2)c2cc(OC)c(Br)cc21. The number of alkyl halides is 3. The van der Waals surface area contributed by atoms with Gasteiger partial charge < -0.3 is 15.0 Å². The average molecular weight is 608 g/mol. The van der Waals surface area contributed by atoms with Gasteiger partial charge in [-0.15, -0.1) is 0 Å². The van der Waals surface area contributed by atoms with E-state index in [0.717, 1.165) is 54.0 Å². The molecule has 1 fully saturated rings. The predicted molar refractivity (Wildman–Crippen MR) is 150 cm³/mol. The summed E-state index contributed by atoms with van der Waals surface area (Å²) in [5.41, 5.74) is 3.00. The van der Waals surface area contributed by atoms with E-state index in [2.05, 4.69) is 54.2 Å². The van der Waals surface area contributed by atoms with E-state index < -0.39 is 17.2 Å². The van der Waals surface area contributed by atoms with Gasteiger partial charge in [0.1, 0.15) is 5.75 Å². The van der Waals surface area contributed by atoms with Crippen molar-refractivity contribution < 1.29 is 22.7 Å². The molecule has 4 nitrogen and oxygen atoms in total. The molecule has 1 heterocycles. The van der Waals surface area contributed by atoms with Crippen LogP contribution in [-0.4, -0.2) is 30.5 Å². The highest BCUT2D eigenvalue weighted by molar-refractivity contribution is 9.10. The Hall–Kier alpha value is -2.06. The Labute approximate surface area is 237 Å². The molecule has 5 rings (SSSR count). The van der Waals surface area contributed by atoms with E-state index in [4.69, 9.17) is 4.74 Å². The molecular weight excluding hydrogens is 569 g/mol. The van der Waals surface area contributed by atoms with Gasteiger partial charge in [0, 0.05) is 25.2 Å². The summed E-state index contributed by atoms with van der Waals surface area (Å²) in [7, 11) is 1.68. The molecule has 0 radical (unpaired) electrons. The molecule has 8 heteroatoms. The van der Waals surface area contributed by atoms with Crippen LogP contribution in [-0.2, 0) is 23.9 Å². The molecule has 1 amide bonds. The van der Waals surface area contributed by atoms with Crippen LogP contribution < -0.4 is 10.1 Å². The summed E-state index contributed by atoms with van der Waals surface area (Å²) < 4.78 is 46.6. The Morgan fingerprint density at radius 2 is 1.97 bits per heavy atom. The van der Waals surface area contributed by atoms with Crippen molar-refractivity contribution in [2.75, 3.05) is 13.7 Å². The number of methoxy groups -OCH3 is 1. The van der Waals surface area contributed by atoms with Crippen LogP contribution in [0.4, 0.5) is 13.2 Å². The lowest BCUT2D eigenvalue weighted by Gasteiger charge is -2.40. The van der Waals surface area contributed by atoms with Crippen molar-refractivity contribution in [3.63, 3.8) is 0 Å². The van der Waals surface area contributed by atoms with Gasteiger partial charge in [-0.05, 0) is 113 Å². The summed E-state index contributed by atoms with van der Waals surface area (Å²) in [4.78, 5) is 15.9. The molecule has 0 bridgehead atoms. The van der Waals surface area contributed by atoms with Crippen LogP contribution in [0.5, 0.6) is 5.75 Å². The van der Waals surface area contributed by atoms with Crippen LogP contribution in [0.3, 0.4) is 0 Å². The fourth-order valence-electron chi connectivity index (χ4n) is 7.17. The van der Waals surface area contributed by atoms with Gasteiger partial charge in [-0.3, -0.25) is 4.79 Å². The van der Waals surface area contributed by atoms with Gasteiger partial charge in [-0.25, -0.2) is 0 Å². The number of ether oxygens (including phenoxy) is 1. The predicted octanol–water partition coefficient (Wildman–Crippen LogP) is 7.78. The van der Waals surface area contributed by atoms with E-state index in [9.17, 15) is 18.0 Å². The summed E-state index contributed by atoms with van der Waals surface area (Å²) in [6.45, 7) is 7.24. The van der Waals surface area contributed by atoms with Crippen molar-refractivity contribution in [2.24, 2.45) is 11.3 Å². The summed E-state index contributed by atoms with van der Waals surface area (Å²) in [5.74, 6) is 1.53. The number of amides is 1. The van der Waals surface area contributed by atoms with Gasteiger partial charge in [0.25, 0.3) is 0 Å². The minimum atomic E-state index is -4.39. The molecule has 2 unspecified atom stereocenters. The number of hydrogen-bond acceptors (Lipinski definition) is 3. The van der Waals surface area contributed by atoms with Gasteiger partial charge in [-0.2, -0.15) is 13.2 Å². The highest BCUT2D eigenvalue weighted by Crippen LogP contribution is 2.50. The number of benzene rings is 2. The van der Waals surface area contributed by atoms with Crippen LogP contribution in [0, 0.1) is 11.3 Å². The number of nitrogens with one attached hydrogen (secondary N) is 1. The first kappa shape index (κ1) is 28.5. The smallest absolute Gasteiger partial charge is 0.416 e. The van der Waals surface area contributed by atoms with Crippen molar-refractivity contribution in [1.82, 2.24) is 10.2 Å². The van der Waals surface area contributed by atoms with Gasteiger partial charge in [-0.1, -0.05) is 26.8 Å². The zero-order valence-electron chi connectivity index (χ0n) is 23.1. The second-order valence-electron chi connectivity index (χ2n) is 11.9. The van der Waals surface area contributed by atoms with E-state index in [1.54, 1.807) is 13.2 Å². The monoisotopic (exact) mass is 606 g/mol. The van der Waals surface area contributed by atoms with Crippen LogP contribution in [0.1, 0.15) is 92.7 Å². The number of fused-ring (bicyclic) bond motifs is 2. The van der Waals surface area contributed by atoms with Gasteiger partial charge in [0.05, 0.1) is 22.6 Å². The van der Waals surface area contributed by atoms with E-state index >= 15 is 0 Å². The fraction of sp³-hybridized carbons (Fsp3) is 0.581. The lowest BCUT2D eigenvalue weighted by Crippen LogP contribution is -2.48. The quantitative estimate of drug-likeness (QED) is 0.365. The maximum absolute atomic E-state index is 14.1. The third-order valence-corrected chi connectivity index (χ3v) is 10.2. The molecule has 2 aliphatic carbocycles. The Morgan fingerprint density at radius 3 is 2.64 bits per heavy atom. The molecule has 0 saturated heterocycles. The molecule has 1 N–H and O–H groups in total. The maximum atomic E-state index is 14.1. The molecule has 1 saturated carbocycles. The largest absolute Gasteiger partial charge is 0.496 e. The highest BCUT2D eigenvalue weighted by Gasteiger charge is 2.50. The van der Waals surface area contributed by atoms with Crippen LogP contribution in [0.15, 0.2) is 34.8 Å². The molecule has 4 atom stereocenters. The lowest BCUT2D eigenvalue weighted by molar-refractivity contribution is -0.145. The topological polar surface area (TPSA) is 41.6 Å². The van der Waals surface area contributed by atoms with Crippen molar-refractivity contribution in [1.29, 1.82) is 0 Å². The molecule has 212 valence electrons. The van der Waals surface area contributed by atoms with E-state index in [1.165, 1.54) is 17.2 Å². The summed E-state index contributed by atoms with van der Waals surface area (Å²) in [5, 5.41) is 3.91. The number of nitrogens with zero attached hydrogens (tertiary/aromatic N) is 1. The first-order chi connectivity index (χ1) is 18.5. The highest BCUT2D eigenvalue weighted by atomic mass is 79.9. The molecule has 39 heavy (non-hydrogen) atoms. The molecule has 0 aromatic heterocycles. The summed E-state index contributed by atoms with van der Waals surface area (Å²) in [6, 6.07) is 8.69. The maximum Gasteiger partial charge on any atom is 0.416 e. The number of hydrogen-bond donors (Lipinski definition) is 1. The van der Waals surface area contributed by atoms with Crippen LogP contribution >= 0.6 is 15.9 Å². The molecule has 2 aromatic carbocycles. The summed E-state index contributed by atoms with van der Waals surface area (Å²) in [6.07, 6.45) is 0.719. The number of rotatable bonds is 6. The third-order valence-electron chi connectivity index (χ3n) is 9.54. The Bertz CT molecular complexity index is 1250. The number of carbonyl (C=O) groups excluding carboxylic acids is 1. The third kappa shape index (κ3) is 5.23. The first-order valence-corrected chi connectivity index (χ1v) is 14.9. The average Bonchev–Trinajstić information content (AvgIpc) is 3.48. The molecule has 3 aliphatic rings. The minimum absolute atomic E-state index is 0.0914. The van der Waals surface area contributed by atoms with Gasteiger partial charge >= 0.3 is 6.18 Å². The Morgan fingerprint density at radius 1 is 1.21 bits per heavy atom. The van der Waals surface area contributed by atoms with Crippen LogP contribution in [0.25, 0.3) is 0 Å². The van der Waals surface area contributed by atoms with E-state index in [0.29, 0.717) is 24.4 Å². The molecule has 1 aliphatic heterocycles. The van der Waals surface area contributed by atoms with E-state index in [1.807, 2.05) is 4.90 Å². The summed E-state index contributed by atoms with van der Waals surface area (Å²) >= 11 is 3.64. The van der Waals surface area contributed by atoms with E-state index in [-0.39, 0.29) is 30.5 Å². The zero-order chi connectivity index (χ0) is 28.1. The molecule has 2 aromatic rings. The standard InChI is InChI=1S/C31H38BrF3N2O2/c1-5-19-13-27(25-15-28(39-4)26(32)14-24(19)25)36-23-8-10-30(16-23,18(2)3)29(38)37-11-9-20-6-7-22(31(33,34)35)12-21(20)17-37/h6-7,12,14-15,18-19,23,27,36H,5,8-11,13,16-17H2,1-4H3/t19?,23-,27?,30+/m1/s1. The Kier molecular flexibility index (Phi) is 7.83. The zero-order valence-corrected chi connectivity index (χ0v) is 24.7. The molecule has 0 spiro atoms. The van der Waals surface area contributed by atoms with Crippen molar-refractivity contribution in [3.8, 4) is 5.75 Å². The minimum Gasteiger partial charge on any atom is -0.496 e. The first-order valence-electron chi connectivity index (χ1n) is 14.1. The van der Waals surface area contributed by atoms with Gasteiger partial charge in [0.2, 0.25) is 5.91 Å². The van der Waals surface area contributed by atoms with Gasteiger partial charge in [0.15, 0.2) is 0 Å². The molecular formula is C31H38BrF3N2O2. The lowest BCUT2D eigenvalue weighted by atomic mass is 9.73. The fourth-order valence-corrected chi connectivity index (χ4v) is 7.69. The van der Waals surface area contributed by atoms with Crippen LogP contribution in [0.2, 0.25) is 0 Å². The second-order valence-corrected chi connectivity index (χ2v) is 12.7. The van der Waals surface area contributed by atoms with Crippen molar-refractivity contribution in [3.05, 3.63) is 62.6 Å².